The van der Waals surface area contributed by atoms with Crippen LogP contribution in [0.15, 0.2) is 6.33 Å². The smallest absolute Gasteiger partial charge is 0.291 e. The molecule has 4 rings (SSSR count). The Morgan fingerprint density at radius 3 is 3.21 bits per heavy atom. The maximum absolute atomic E-state index is 12.2. The van der Waals surface area contributed by atoms with E-state index >= 15 is 0 Å². The van der Waals surface area contributed by atoms with Crippen LogP contribution in [-0.2, 0) is 12.8 Å². The van der Waals surface area contributed by atoms with Gasteiger partial charge in [0.1, 0.15) is 11.2 Å². The fourth-order valence-corrected chi connectivity index (χ4v) is 4.34. The number of carbonyl (C=O) groups excluding carboxylic acids is 1. The van der Waals surface area contributed by atoms with Gasteiger partial charge in [0, 0.05) is 11.4 Å². The summed E-state index contributed by atoms with van der Waals surface area (Å²) in [6.45, 7) is 4.05. The van der Waals surface area contributed by atoms with Gasteiger partial charge in [0.2, 0.25) is 5.82 Å². The molecule has 0 bridgehead atoms. The van der Waals surface area contributed by atoms with Crippen molar-refractivity contribution in [3.63, 3.8) is 0 Å². The van der Waals surface area contributed by atoms with Crippen molar-refractivity contribution in [1.82, 2.24) is 24.9 Å². The number of amides is 1. The fraction of sp³-hybridized carbons (Fsp3) is 0.500. The second-order valence-corrected chi connectivity index (χ2v) is 7.62. The molecule has 3 aromatic rings. The highest BCUT2D eigenvalue weighted by Gasteiger charge is 2.24. The number of aryl methyl sites for hydroxylation is 1. The van der Waals surface area contributed by atoms with Crippen LogP contribution >= 0.6 is 11.3 Å². The maximum Gasteiger partial charge on any atom is 0.291 e. The van der Waals surface area contributed by atoms with Gasteiger partial charge in [-0.15, -0.1) is 16.4 Å². The molecule has 0 saturated carbocycles. The number of fused-ring (bicyclic) bond motifs is 5. The second-order valence-electron chi connectivity index (χ2n) is 6.54. The normalized spacial score (nSPS) is 18.7. The quantitative estimate of drug-likeness (QED) is 0.752. The molecule has 0 unspecified atom stereocenters. The van der Waals surface area contributed by atoms with E-state index in [4.69, 9.17) is 0 Å². The average molecular weight is 345 g/mol. The molecule has 0 spiro atoms. The summed E-state index contributed by atoms with van der Waals surface area (Å²) in [5, 5.41) is 17.2. The Hall–Kier alpha value is -2.06. The summed E-state index contributed by atoms with van der Waals surface area (Å²) in [6.07, 6.45) is 4.31. The molecule has 0 fully saturated rings. The van der Waals surface area contributed by atoms with Crippen LogP contribution in [0, 0.1) is 5.92 Å². The number of aliphatic hydroxyl groups is 1. The Balaban J connectivity index is 1.80. The molecular formula is C16H19N5O2S. The van der Waals surface area contributed by atoms with Gasteiger partial charge in [0.15, 0.2) is 5.65 Å². The molecule has 1 aliphatic rings. The minimum absolute atomic E-state index is 0.105. The zero-order valence-corrected chi connectivity index (χ0v) is 14.4. The first-order chi connectivity index (χ1) is 11.5. The van der Waals surface area contributed by atoms with Crippen molar-refractivity contribution in [3.05, 3.63) is 22.6 Å². The Bertz CT molecular complexity index is 929. The van der Waals surface area contributed by atoms with Crippen LogP contribution in [0.25, 0.3) is 15.9 Å². The number of hydrogen-bond donors (Lipinski definition) is 2. The predicted molar refractivity (Wildman–Crippen MR) is 91.4 cm³/mol. The number of nitrogens with zero attached hydrogens (tertiary/aromatic N) is 4. The Kier molecular flexibility index (Phi) is 3.73. The average Bonchev–Trinajstić information content (AvgIpc) is 3.12. The second kappa shape index (κ2) is 5.78. The minimum Gasteiger partial charge on any atom is -0.392 e. The molecule has 3 aromatic heterocycles. The summed E-state index contributed by atoms with van der Waals surface area (Å²) >= 11 is 1.72. The summed E-state index contributed by atoms with van der Waals surface area (Å²) in [5.74, 6) is 0.367. The van der Waals surface area contributed by atoms with E-state index in [0.717, 1.165) is 23.1 Å². The number of hydrogen-bond acceptors (Lipinski definition) is 6. The lowest BCUT2D eigenvalue weighted by atomic mass is 9.89. The van der Waals surface area contributed by atoms with E-state index in [1.807, 2.05) is 0 Å². The molecular weight excluding hydrogens is 326 g/mol. The number of rotatable bonds is 3. The van der Waals surface area contributed by atoms with E-state index in [0.29, 0.717) is 11.6 Å². The van der Waals surface area contributed by atoms with Crippen LogP contribution < -0.4 is 5.32 Å². The molecule has 2 atom stereocenters. The van der Waals surface area contributed by atoms with E-state index < -0.39 is 6.10 Å². The number of thiophene rings is 1. The van der Waals surface area contributed by atoms with Crippen LogP contribution in [0.1, 0.15) is 41.3 Å². The summed E-state index contributed by atoms with van der Waals surface area (Å²) < 4.78 is 1.58. The third-order valence-electron chi connectivity index (χ3n) is 4.39. The highest BCUT2D eigenvalue weighted by Crippen LogP contribution is 2.38. The van der Waals surface area contributed by atoms with Gasteiger partial charge in [-0.3, -0.25) is 4.79 Å². The molecule has 3 heterocycles. The third-order valence-corrected chi connectivity index (χ3v) is 5.59. The fourth-order valence-electron chi connectivity index (χ4n) is 3.16. The third kappa shape index (κ3) is 2.55. The Labute approximate surface area is 142 Å². The highest BCUT2D eigenvalue weighted by molar-refractivity contribution is 7.19. The molecule has 2 N–H and O–H groups in total. The molecule has 1 aliphatic carbocycles. The lowest BCUT2D eigenvalue weighted by molar-refractivity contribution is 0.0914. The lowest BCUT2D eigenvalue weighted by Gasteiger charge is -2.17. The number of nitrogens with one attached hydrogen (secondary N) is 1. The number of aliphatic hydroxyl groups excluding tert-OH is 1. The van der Waals surface area contributed by atoms with Gasteiger partial charge >= 0.3 is 0 Å². The summed E-state index contributed by atoms with van der Waals surface area (Å²) in [6, 6.07) is 0. The largest absolute Gasteiger partial charge is 0.392 e. The number of aromatic nitrogens is 4. The van der Waals surface area contributed by atoms with Crippen molar-refractivity contribution >= 4 is 33.1 Å². The van der Waals surface area contributed by atoms with Gasteiger partial charge in [-0.25, -0.2) is 14.5 Å². The molecule has 0 aromatic carbocycles. The van der Waals surface area contributed by atoms with Crippen molar-refractivity contribution in [3.8, 4) is 0 Å². The van der Waals surface area contributed by atoms with Crippen LogP contribution in [0.4, 0.5) is 0 Å². The van der Waals surface area contributed by atoms with Crippen molar-refractivity contribution in [1.29, 1.82) is 0 Å². The van der Waals surface area contributed by atoms with Gasteiger partial charge in [0.05, 0.1) is 11.5 Å². The van der Waals surface area contributed by atoms with E-state index in [-0.39, 0.29) is 18.3 Å². The standard InChI is InChI=1S/C16H19N5O2S/c1-8-3-4-11-10(5-8)12-14-19-13(15(23)17-6-9(2)22)20-21(14)7-18-16(12)24-11/h7-9,22H,3-6H2,1-2H3,(H,17,23)/t8-,9-/m1/s1. The first-order valence-electron chi connectivity index (χ1n) is 8.15. The van der Waals surface area contributed by atoms with Crippen molar-refractivity contribution in [2.24, 2.45) is 5.92 Å². The molecule has 8 heteroatoms. The van der Waals surface area contributed by atoms with E-state index in [9.17, 15) is 9.90 Å². The van der Waals surface area contributed by atoms with Crippen LogP contribution in [0.2, 0.25) is 0 Å². The van der Waals surface area contributed by atoms with Gasteiger partial charge in [-0.05, 0) is 37.7 Å². The highest BCUT2D eigenvalue weighted by atomic mass is 32.1. The molecule has 0 aliphatic heterocycles. The van der Waals surface area contributed by atoms with Crippen molar-refractivity contribution in [2.45, 2.75) is 39.2 Å². The molecule has 126 valence electrons. The maximum atomic E-state index is 12.2. The summed E-state index contributed by atoms with van der Waals surface area (Å²) in [5.41, 5.74) is 2.00. The first kappa shape index (κ1) is 15.5. The van der Waals surface area contributed by atoms with E-state index in [2.05, 4.69) is 27.3 Å². The van der Waals surface area contributed by atoms with Crippen LogP contribution in [-0.4, -0.2) is 43.2 Å². The zero-order valence-electron chi connectivity index (χ0n) is 13.6. The minimum atomic E-state index is -0.607. The van der Waals surface area contributed by atoms with E-state index in [1.165, 1.54) is 16.9 Å². The molecule has 0 radical (unpaired) electrons. The van der Waals surface area contributed by atoms with Crippen LogP contribution in [0.3, 0.4) is 0 Å². The van der Waals surface area contributed by atoms with Crippen molar-refractivity contribution < 1.29 is 9.90 Å². The van der Waals surface area contributed by atoms with Gasteiger partial charge in [-0.2, -0.15) is 0 Å². The molecule has 24 heavy (non-hydrogen) atoms. The zero-order chi connectivity index (χ0) is 16.8. The monoisotopic (exact) mass is 345 g/mol. The summed E-state index contributed by atoms with van der Waals surface area (Å²) in [7, 11) is 0. The molecule has 0 saturated heterocycles. The van der Waals surface area contributed by atoms with Gasteiger partial charge in [-0.1, -0.05) is 6.92 Å². The molecule has 1 amide bonds. The SMILES string of the molecule is C[C@@H]1CCc2sc3ncn4nc(C(=O)NC[C@@H](C)O)nc4c3c2C1. The Morgan fingerprint density at radius 2 is 2.42 bits per heavy atom. The van der Waals surface area contributed by atoms with Gasteiger partial charge < -0.3 is 10.4 Å². The predicted octanol–water partition coefficient (Wildman–Crippen LogP) is 1.57. The first-order valence-corrected chi connectivity index (χ1v) is 8.96. The van der Waals surface area contributed by atoms with E-state index in [1.54, 1.807) is 29.1 Å². The van der Waals surface area contributed by atoms with Crippen LogP contribution in [0.5, 0.6) is 0 Å². The number of carbonyl (C=O) groups is 1. The Morgan fingerprint density at radius 1 is 1.58 bits per heavy atom. The van der Waals surface area contributed by atoms with Crippen molar-refractivity contribution in [2.75, 3.05) is 6.54 Å². The lowest BCUT2D eigenvalue weighted by Crippen LogP contribution is -2.31. The molecule has 7 nitrogen and oxygen atoms in total. The van der Waals surface area contributed by atoms with Gasteiger partial charge in [0.25, 0.3) is 5.91 Å². The topological polar surface area (TPSA) is 92.4 Å². The summed E-state index contributed by atoms with van der Waals surface area (Å²) in [4.78, 5) is 23.4.